The molecule has 0 aliphatic heterocycles. The van der Waals surface area contributed by atoms with E-state index in [0.29, 0.717) is 28.1 Å². The van der Waals surface area contributed by atoms with Gasteiger partial charge in [0.25, 0.3) is 0 Å². The molecule has 0 saturated heterocycles. The molecule has 0 aromatic heterocycles. The molecule has 0 spiro atoms. The molecule has 1 aromatic carbocycles. The Bertz CT molecular complexity index is 461. The van der Waals surface area contributed by atoms with Gasteiger partial charge in [-0.15, -0.1) is 0 Å². The van der Waals surface area contributed by atoms with E-state index in [1.807, 2.05) is 6.92 Å². The molecule has 1 aliphatic rings. The van der Waals surface area contributed by atoms with Crippen molar-refractivity contribution in [1.29, 1.82) is 0 Å². The molecule has 0 bridgehead atoms. The number of benzene rings is 1. The van der Waals surface area contributed by atoms with Crippen molar-refractivity contribution in [2.75, 3.05) is 6.61 Å². The van der Waals surface area contributed by atoms with Crippen LogP contribution in [0.4, 0.5) is 0 Å². The Labute approximate surface area is 120 Å². The predicted octanol–water partition coefficient (Wildman–Crippen LogP) is 2.95. The lowest BCUT2D eigenvalue weighted by Gasteiger charge is -2.20. The van der Waals surface area contributed by atoms with Crippen LogP contribution in [0.15, 0.2) is 16.6 Å². The van der Waals surface area contributed by atoms with Gasteiger partial charge in [-0.05, 0) is 54.2 Å². The van der Waals surface area contributed by atoms with E-state index >= 15 is 0 Å². The number of aliphatic hydroxyl groups is 1. The molecule has 1 N–H and O–H groups in total. The SMILES string of the molecule is CCOc1cc(C=O)cc(Br)c1OC1CCCC1O. The van der Waals surface area contributed by atoms with Crippen LogP contribution in [-0.4, -0.2) is 30.2 Å². The molecule has 5 heteroatoms. The summed E-state index contributed by atoms with van der Waals surface area (Å²) in [4.78, 5) is 10.9. The van der Waals surface area contributed by atoms with Gasteiger partial charge in [-0.3, -0.25) is 4.79 Å². The lowest BCUT2D eigenvalue weighted by Crippen LogP contribution is -2.26. The van der Waals surface area contributed by atoms with E-state index in [9.17, 15) is 9.90 Å². The molecule has 19 heavy (non-hydrogen) atoms. The molecular formula is C14H17BrO4. The van der Waals surface area contributed by atoms with Gasteiger partial charge in [0.2, 0.25) is 0 Å². The summed E-state index contributed by atoms with van der Waals surface area (Å²) >= 11 is 3.39. The normalized spacial score (nSPS) is 22.3. The van der Waals surface area contributed by atoms with Gasteiger partial charge in [0.1, 0.15) is 12.4 Å². The minimum Gasteiger partial charge on any atom is -0.490 e. The minimum atomic E-state index is -0.438. The maximum absolute atomic E-state index is 10.9. The van der Waals surface area contributed by atoms with Gasteiger partial charge in [-0.25, -0.2) is 0 Å². The fourth-order valence-corrected chi connectivity index (χ4v) is 2.78. The topological polar surface area (TPSA) is 55.8 Å². The highest BCUT2D eigenvalue weighted by Gasteiger charge is 2.28. The van der Waals surface area contributed by atoms with E-state index in [4.69, 9.17) is 9.47 Å². The van der Waals surface area contributed by atoms with Gasteiger partial charge >= 0.3 is 0 Å². The first-order chi connectivity index (χ1) is 9.15. The Kier molecular flexibility index (Phi) is 4.82. The smallest absolute Gasteiger partial charge is 0.175 e. The lowest BCUT2D eigenvalue weighted by molar-refractivity contribution is 0.0576. The third-order valence-electron chi connectivity index (χ3n) is 3.15. The number of aliphatic hydroxyl groups excluding tert-OH is 1. The highest BCUT2D eigenvalue weighted by Crippen LogP contribution is 2.39. The number of hydrogen-bond acceptors (Lipinski definition) is 4. The quantitative estimate of drug-likeness (QED) is 0.844. The van der Waals surface area contributed by atoms with Crippen molar-refractivity contribution in [3.8, 4) is 11.5 Å². The Balaban J connectivity index is 2.29. The second kappa shape index (κ2) is 6.39. The molecule has 1 saturated carbocycles. The first kappa shape index (κ1) is 14.3. The summed E-state index contributed by atoms with van der Waals surface area (Å²) in [7, 11) is 0. The number of aldehydes is 1. The van der Waals surface area contributed by atoms with Crippen LogP contribution in [0, 0.1) is 0 Å². The van der Waals surface area contributed by atoms with Crippen molar-refractivity contribution >= 4 is 22.2 Å². The molecule has 2 unspecified atom stereocenters. The number of rotatable bonds is 5. The van der Waals surface area contributed by atoms with Crippen LogP contribution >= 0.6 is 15.9 Å². The van der Waals surface area contributed by atoms with Crippen molar-refractivity contribution in [2.24, 2.45) is 0 Å². The van der Waals surface area contributed by atoms with E-state index < -0.39 is 6.10 Å². The summed E-state index contributed by atoms with van der Waals surface area (Å²) in [6.07, 6.45) is 2.67. The highest BCUT2D eigenvalue weighted by molar-refractivity contribution is 9.10. The lowest BCUT2D eigenvalue weighted by atomic mass is 10.2. The van der Waals surface area contributed by atoms with Crippen molar-refractivity contribution in [3.63, 3.8) is 0 Å². The molecule has 1 aromatic rings. The van der Waals surface area contributed by atoms with Gasteiger partial charge in [0.15, 0.2) is 11.5 Å². The standard InChI is InChI=1S/C14H17BrO4/c1-2-18-13-7-9(8-16)6-10(15)14(13)19-12-5-3-4-11(12)17/h6-8,11-12,17H,2-5H2,1H3. The van der Waals surface area contributed by atoms with Gasteiger partial charge in [0.05, 0.1) is 17.2 Å². The van der Waals surface area contributed by atoms with E-state index in [1.54, 1.807) is 12.1 Å². The fraction of sp³-hybridized carbons (Fsp3) is 0.500. The second-order valence-corrected chi connectivity index (χ2v) is 5.39. The van der Waals surface area contributed by atoms with Crippen LogP contribution in [0.2, 0.25) is 0 Å². The molecule has 104 valence electrons. The summed E-state index contributed by atoms with van der Waals surface area (Å²) in [5.41, 5.74) is 0.523. The van der Waals surface area contributed by atoms with Gasteiger partial charge < -0.3 is 14.6 Å². The zero-order valence-electron chi connectivity index (χ0n) is 10.8. The Morgan fingerprint density at radius 1 is 1.47 bits per heavy atom. The fourth-order valence-electron chi connectivity index (χ4n) is 2.23. The average Bonchev–Trinajstić information content (AvgIpc) is 2.79. The summed E-state index contributed by atoms with van der Waals surface area (Å²) in [5, 5.41) is 9.83. The van der Waals surface area contributed by atoms with Gasteiger partial charge in [-0.1, -0.05) is 0 Å². The van der Waals surface area contributed by atoms with Crippen LogP contribution in [-0.2, 0) is 0 Å². The van der Waals surface area contributed by atoms with Crippen LogP contribution in [0.5, 0.6) is 11.5 Å². The zero-order valence-corrected chi connectivity index (χ0v) is 12.4. The molecule has 0 radical (unpaired) electrons. The zero-order chi connectivity index (χ0) is 13.8. The predicted molar refractivity (Wildman–Crippen MR) is 75.0 cm³/mol. The van der Waals surface area contributed by atoms with E-state index in [2.05, 4.69) is 15.9 Å². The molecule has 0 amide bonds. The number of carbonyl (C=O) groups excluding carboxylic acids is 1. The summed E-state index contributed by atoms with van der Waals surface area (Å²) in [6, 6.07) is 3.34. The Morgan fingerprint density at radius 3 is 2.84 bits per heavy atom. The van der Waals surface area contributed by atoms with E-state index in [1.165, 1.54) is 0 Å². The maximum atomic E-state index is 10.9. The first-order valence-corrected chi connectivity index (χ1v) is 7.21. The molecule has 2 rings (SSSR count). The Hall–Kier alpha value is -1.07. The summed E-state index contributed by atoms with van der Waals surface area (Å²) < 4.78 is 12.0. The van der Waals surface area contributed by atoms with Crippen molar-refractivity contribution in [1.82, 2.24) is 0 Å². The molecule has 1 fully saturated rings. The highest BCUT2D eigenvalue weighted by atomic mass is 79.9. The third kappa shape index (κ3) is 3.28. The molecule has 1 aliphatic carbocycles. The van der Waals surface area contributed by atoms with Crippen LogP contribution in [0.25, 0.3) is 0 Å². The van der Waals surface area contributed by atoms with Crippen LogP contribution < -0.4 is 9.47 Å². The monoisotopic (exact) mass is 328 g/mol. The molecule has 4 nitrogen and oxygen atoms in total. The van der Waals surface area contributed by atoms with Crippen LogP contribution in [0.3, 0.4) is 0 Å². The molecule has 2 atom stereocenters. The first-order valence-electron chi connectivity index (χ1n) is 6.42. The summed E-state index contributed by atoms with van der Waals surface area (Å²) in [6.45, 7) is 2.36. The van der Waals surface area contributed by atoms with Crippen LogP contribution in [0.1, 0.15) is 36.5 Å². The van der Waals surface area contributed by atoms with Crippen molar-refractivity contribution in [2.45, 2.75) is 38.4 Å². The number of carbonyl (C=O) groups is 1. The molecular weight excluding hydrogens is 312 g/mol. The molecule has 0 heterocycles. The Morgan fingerprint density at radius 2 is 2.26 bits per heavy atom. The second-order valence-electron chi connectivity index (χ2n) is 4.54. The number of ether oxygens (including phenoxy) is 2. The van der Waals surface area contributed by atoms with Gasteiger partial charge in [-0.2, -0.15) is 0 Å². The van der Waals surface area contributed by atoms with E-state index in [0.717, 1.165) is 25.5 Å². The van der Waals surface area contributed by atoms with Gasteiger partial charge in [0, 0.05) is 5.56 Å². The summed E-state index contributed by atoms with van der Waals surface area (Å²) in [5.74, 6) is 1.08. The largest absolute Gasteiger partial charge is 0.490 e. The average molecular weight is 329 g/mol. The minimum absolute atomic E-state index is 0.211. The van der Waals surface area contributed by atoms with Crippen molar-refractivity contribution < 1.29 is 19.4 Å². The number of halogens is 1. The number of hydrogen-bond donors (Lipinski definition) is 1. The van der Waals surface area contributed by atoms with E-state index in [-0.39, 0.29) is 6.10 Å². The maximum Gasteiger partial charge on any atom is 0.175 e. The van der Waals surface area contributed by atoms with Crippen molar-refractivity contribution in [3.05, 3.63) is 22.2 Å². The third-order valence-corrected chi connectivity index (χ3v) is 3.74.